The molecule has 0 unspecified atom stereocenters. The van der Waals surface area contributed by atoms with Crippen molar-refractivity contribution in [3.05, 3.63) is 24.0 Å². The molecule has 1 rings (SSSR count). The van der Waals surface area contributed by atoms with E-state index in [-0.39, 0.29) is 5.97 Å². The SMILES string of the molecule is CCCC#CC=C1C=CC(=O)O1. The van der Waals surface area contributed by atoms with Gasteiger partial charge in [0.15, 0.2) is 0 Å². The van der Waals surface area contributed by atoms with Gasteiger partial charge in [-0.25, -0.2) is 4.79 Å². The third-order valence-electron chi connectivity index (χ3n) is 1.29. The zero-order valence-electron chi connectivity index (χ0n) is 6.96. The highest BCUT2D eigenvalue weighted by atomic mass is 16.5. The van der Waals surface area contributed by atoms with E-state index in [2.05, 4.69) is 18.8 Å². The van der Waals surface area contributed by atoms with Gasteiger partial charge in [0.2, 0.25) is 0 Å². The summed E-state index contributed by atoms with van der Waals surface area (Å²) in [5, 5.41) is 0. The lowest BCUT2D eigenvalue weighted by Crippen LogP contribution is -1.89. The Bertz CT molecular complexity index is 287. The molecule has 2 heteroatoms. The highest BCUT2D eigenvalue weighted by Crippen LogP contribution is 2.07. The molecule has 0 bridgehead atoms. The van der Waals surface area contributed by atoms with E-state index in [4.69, 9.17) is 4.74 Å². The minimum atomic E-state index is -0.321. The number of unbranched alkanes of at least 4 members (excludes halogenated alkanes) is 1. The number of rotatable bonds is 1. The van der Waals surface area contributed by atoms with Crippen molar-refractivity contribution in [2.45, 2.75) is 19.8 Å². The largest absolute Gasteiger partial charge is 0.423 e. The van der Waals surface area contributed by atoms with E-state index in [1.807, 2.05) is 0 Å². The Balaban J connectivity index is 2.45. The maximum Gasteiger partial charge on any atom is 0.336 e. The summed E-state index contributed by atoms with van der Waals surface area (Å²) in [5.74, 6) is 5.94. The van der Waals surface area contributed by atoms with Crippen LogP contribution in [-0.4, -0.2) is 5.97 Å². The van der Waals surface area contributed by atoms with Gasteiger partial charge in [-0.05, 0) is 12.5 Å². The number of hydrogen-bond acceptors (Lipinski definition) is 2. The minimum absolute atomic E-state index is 0.321. The lowest BCUT2D eigenvalue weighted by Gasteiger charge is -1.89. The van der Waals surface area contributed by atoms with E-state index in [0.29, 0.717) is 5.76 Å². The quantitative estimate of drug-likeness (QED) is 0.434. The van der Waals surface area contributed by atoms with Crippen molar-refractivity contribution in [2.75, 3.05) is 0 Å². The van der Waals surface area contributed by atoms with Gasteiger partial charge in [0.25, 0.3) is 0 Å². The highest BCUT2D eigenvalue weighted by Gasteiger charge is 2.07. The van der Waals surface area contributed by atoms with Crippen LogP contribution in [0.25, 0.3) is 0 Å². The van der Waals surface area contributed by atoms with Gasteiger partial charge < -0.3 is 4.74 Å². The van der Waals surface area contributed by atoms with Crippen molar-refractivity contribution in [3.63, 3.8) is 0 Å². The molecule has 2 nitrogen and oxygen atoms in total. The lowest BCUT2D eigenvalue weighted by molar-refractivity contribution is -0.132. The Kier molecular flexibility index (Phi) is 3.16. The van der Waals surface area contributed by atoms with Gasteiger partial charge >= 0.3 is 5.97 Å². The predicted molar refractivity (Wildman–Crippen MR) is 46.0 cm³/mol. The molecule has 1 aliphatic rings. The Labute approximate surface area is 71.9 Å². The van der Waals surface area contributed by atoms with Gasteiger partial charge in [0.1, 0.15) is 5.76 Å². The zero-order chi connectivity index (χ0) is 8.81. The van der Waals surface area contributed by atoms with E-state index in [0.717, 1.165) is 12.8 Å². The van der Waals surface area contributed by atoms with Crippen LogP contribution >= 0.6 is 0 Å². The number of carbonyl (C=O) groups excluding carboxylic acids is 1. The first-order valence-electron chi connectivity index (χ1n) is 3.91. The summed E-state index contributed by atoms with van der Waals surface area (Å²) in [5.41, 5.74) is 0. The van der Waals surface area contributed by atoms with Crippen molar-refractivity contribution >= 4 is 5.97 Å². The van der Waals surface area contributed by atoms with E-state index < -0.39 is 0 Å². The van der Waals surface area contributed by atoms with Crippen LogP contribution in [0, 0.1) is 11.8 Å². The maximum absolute atomic E-state index is 10.5. The molecule has 0 aliphatic carbocycles. The monoisotopic (exact) mass is 162 g/mol. The van der Waals surface area contributed by atoms with E-state index in [1.165, 1.54) is 6.08 Å². The van der Waals surface area contributed by atoms with Gasteiger partial charge in [-0.3, -0.25) is 0 Å². The molecule has 0 N–H and O–H groups in total. The molecule has 0 atom stereocenters. The Hall–Kier alpha value is -1.49. The summed E-state index contributed by atoms with van der Waals surface area (Å²) in [6.45, 7) is 2.07. The minimum Gasteiger partial charge on any atom is -0.423 e. The third-order valence-corrected chi connectivity index (χ3v) is 1.29. The number of carbonyl (C=O) groups is 1. The molecule has 1 heterocycles. The Morgan fingerprint density at radius 3 is 3.00 bits per heavy atom. The Morgan fingerprint density at radius 1 is 1.58 bits per heavy atom. The molecule has 0 saturated heterocycles. The number of allylic oxidation sites excluding steroid dienone is 2. The summed E-state index contributed by atoms with van der Waals surface area (Å²) < 4.78 is 4.75. The van der Waals surface area contributed by atoms with Crippen LogP contribution in [0.4, 0.5) is 0 Å². The van der Waals surface area contributed by atoms with Crippen molar-refractivity contribution in [2.24, 2.45) is 0 Å². The number of hydrogen-bond donors (Lipinski definition) is 0. The van der Waals surface area contributed by atoms with Crippen molar-refractivity contribution in [1.82, 2.24) is 0 Å². The smallest absolute Gasteiger partial charge is 0.336 e. The van der Waals surface area contributed by atoms with Gasteiger partial charge in [-0.15, -0.1) is 0 Å². The molecule has 0 aromatic rings. The second-order valence-corrected chi connectivity index (χ2v) is 2.37. The molecule has 0 fully saturated rings. The summed E-state index contributed by atoms with van der Waals surface area (Å²) in [6.07, 6.45) is 6.53. The first-order valence-corrected chi connectivity index (χ1v) is 3.91. The Morgan fingerprint density at radius 2 is 2.42 bits per heavy atom. The molecule has 0 amide bonds. The molecule has 0 spiro atoms. The second-order valence-electron chi connectivity index (χ2n) is 2.37. The summed E-state index contributed by atoms with van der Waals surface area (Å²) >= 11 is 0. The molecule has 12 heavy (non-hydrogen) atoms. The first kappa shape index (κ1) is 8.61. The topological polar surface area (TPSA) is 26.3 Å². The molecule has 62 valence electrons. The normalized spacial score (nSPS) is 17.4. The van der Waals surface area contributed by atoms with Crippen LogP contribution in [0.5, 0.6) is 0 Å². The summed E-state index contributed by atoms with van der Waals surface area (Å²) in [4.78, 5) is 10.5. The van der Waals surface area contributed by atoms with Crippen LogP contribution in [-0.2, 0) is 9.53 Å². The fourth-order valence-electron chi connectivity index (χ4n) is 0.731. The van der Waals surface area contributed by atoms with Crippen LogP contribution < -0.4 is 0 Å². The molecule has 0 saturated carbocycles. The van der Waals surface area contributed by atoms with Gasteiger partial charge in [0.05, 0.1) is 0 Å². The van der Waals surface area contributed by atoms with Crippen LogP contribution in [0.15, 0.2) is 24.0 Å². The van der Waals surface area contributed by atoms with E-state index in [9.17, 15) is 4.79 Å². The average molecular weight is 162 g/mol. The standard InChI is InChI=1S/C10H10O2/c1-2-3-4-5-6-9-7-8-10(11)12-9/h6-8H,2-3H2,1H3. The van der Waals surface area contributed by atoms with Crippen LogP contribution in [0.1, 0.15) is 19.8 Å². The zero-order valence-corrected chi connectivity index (χ0v) is 6.96. The van der Waals surface area contributed by atoms with Crippen molar-refractivity contribution in [3.8, 4) is 11.8 Å². The van der Waals surface area contributed by atoms with E-state index >= 15 is 0 Å². The number of ether oxygens (including phenoxy) is 1. The predicted octanol–water partition coefficient (Wildman–Crippen LogP) is 1.79. The fraction of sp³-hybridized carbons (Fsp3) is 0.300. The summed E-state index contributed by atoms with van der Waals surface area (Å²) in [6, 6.07) is 0. The molecule has 0 radical (unpaired) electrons. The average Bonchev–Trinajstić information content (AvgIpc) is 2.45. The fourth-order valence-corrected chi connectivity index (χ4v) is 0.731. The number of esters is 1. The van der Waals surface area contributed by atoms with Crippen LogP contribution in [0.2, 0.25) is 0 Å². The first-order chi connectivity index (χ1) is 5.83. The van der Waals surface area contributed by atoms with Crippen molar-refractivity contribution in [1.29, 1.82) is 0 Å². The lowest BCUT2D eigenvalue weighted by atomic mass is 10.3. The molecular formula is C10H10O2. The van der Waals surface area contributed by atoms with Gasteiger partial charge in [-0.2, -0.15) is 0 Å². The second kappa shape index (κ2) is 4.40. The van der Waals surface area contributed by atoms with Crippen molar-refractivity contribution < 1.29 is 9.53 Å². The number of cyclic esters (lactones) is 1. The molecule has 1 aliphatic heterocycles. The third kappa shape index (κ3) is 2.63. The summed E-state index contributed by atoms with van der Waals surface area (Å²) in [7, 11) is 0. The molecule has 0 aromatic heterocycles. The van der Waals surface area contributed by atoms with Crippen LogP contribution in [0.3, 0.4) is 0 Å². The molecular weight excluding hydrogens is 152 g/mol. The highest BCUT2D eigenvalue weighted by molar-refractivity contribution is 5.86. The van der Waals surface area contributed by atoms with E-state index in [1.54, 1.807) is 12.2 Å². The van der Waals surface area contributed by atoms with Gasteiger partial charge in [-0.1, -0.05) is 18.8 Å². The molecule has 0 aromatic carbocycles. The maximum atomic E-state index is 10.5. The van der Waals surface area contributed by atoms with Gasteiger partial charge in [0, 0.05) is 18.6 Å².